The second-order valence-corrected chi connectivity index (χ2v) is 12.9. The van der Waals surface area contributed by atoms with Crippen LogP contribution in [0.4, 0.5) is 10.9 Å². The summed E-state index contributed by atoms with van der Waals surface area (Å²) in [4.78, 5) is 33.0. The smallest absolute Gasteiger partial charge is 0.254 e. The number of primary amides is 1. The number of anilines is 2. The first-order chi connectivity index (χ1) is 22.5. The highest BCUT2D eigenvalue weighted by molar-refractivity contribution is 7.22. The molecule has 0 spiro atoms. The van der Waals surface area contributed by atoms with E-state index in [4.69, 9.17) is 19.9 Å². The maximum atomic E-state index is 13.1. The van der Waals surface area contributed by atoms with Gasteiger partial charge in [0.05, 0.1) is 46.4 Å². The molecule has 0 bridgehead atoms. The SMILES string of the molecule is NC(=O)c1c(Cc2ccc(-c3coc4c(=O)cc(N5CCOCC5)sc34)c3cn[nH]c23)nc(N[C@H]2CCCC[C@H]2[NH3+])n2cnnc12. The van der Waals surface area contributed by atoms with E-state index < -0.39 is 5.91 Å². The number of furan rings is 1. The van der Waals surface area contributed by atoms with Crippen LogP contribution in [0.15, 0.2) is 46.2 Å². The van der Waals surface area contributed by atoms with Gasteiger partial charge in [-0.1, -0.05) is 18.6 Å². The summed E-state index contributed by atoms with van der Waals surface area (Å²) in [6, 6.07) is 5.99. The van der Waals surface area contributed by atoms with Gasteiger partial charge in [0.1, 0.15) is 24.2 Å². The number of ether oxygens (including phenoxy) is 1. The number of hydrogen-bond donors (Lipinski definition) is 4. The summed E-state index contributed by atoms with van der Waals surface area (Å²) >= 11 is 1.53. The topological polar surface area (TPSA) is 197 Å². The summed E-state index contributed by atoms with van der Waals surface area (Å²) in [5, 5.41) is 21.1. The van der Waals surface area contributed by atoms with Crippen molar-refractivity contribution in [3.8, 4) is 11.1 Å². The Balaban J connectivity index is 1.20. The highest BCUT2D eigenvalue weighted by Crippen LogP contribution is 2.39. The fraction of sp³-hybridized carbons (Fsp3) is 0.355. The van der Waals surface area contributed by atoms with Crippen LogP contribution in [0.25, 0.3) is 38.0 Å². The van der Waals surface area contributed by atoms with Gasteiger partial charge < -0.3 is 30.8 Å². The predicted molar refractivity (Wildman–Crippen MR) is 173 cm³/mol. The Morgan fingerprint density at radius 2 is 2.04 bits per heavy atom. The largest absolute Gasteiger partial charge is 0.459 e. The molecule has 8 rings (SSSR count). The third kappa shape index (κ3) is 4.87. The van der Waals surface area contributed by atoms with Crippen molar-refractivity contribution in [1.82, 2.24) is 29.8 Å². The molecule has 1 amide bonds. The third-order valence-electron chi connectivity index (χ3n) is 9.10. The number of nitrogens with one attached hydrogen (secondary N) is 2. The lowest BCUT2D eigenvalue weighted by Gasteiger charge is -2.27. The number of aromatic amines is 1. The van der Waals surface area contributed by atoms with E-state index in [2.05, 4.69) is 36.3 Å². The van der Waals surface area contributed by atoms with Crippen molar-refractivity contribution in [2.24, 2.45) is 5.73 Å². The van der Waals surface area contributed by atoms with E-state index in [1.54, 1.807) is 22.9 Å². The maximum absolute atomic E-state index is 13.1. The lowest BCUT2D eigenvalue weighted by atomic mass is 9.91. The molecule has 236 valence electrons. The molecule has 46 heavy (non-hydrogen) atoms. The van der Waals surface area contributed by atoms with Crippen LogP contribution in [0.3, 0.4) is 0 Å². The van der Waals surface area contributed by atoms with Gasteiger partial charge >= 0.3 is 0 Å². The monoisotopic (exact) mass is 641 g/mol. The van der Waals surface area contributed by atoms with Crippen molar-refractivity contribution in [1.29, 1.82) is 0 Å². The summed E-state index contributed by atoms with van der Waals surface area (Å²) in [7, 11) is 0. The quantitative estimate of drug-likeness (QED) is 0.201. The van der Waals surface area contributed by atoms with Crippen LogP contribution >= 0.6 is 11.3 Å². The van der Waals surface area contributed by atoms with Crippen LogP contribution in [0.1, 0.15) is 47.3 Å². The first-order valence-corrected chi connectivity index (χ1v) is 16.2. The van der Waals surface area contributed by atoms with Gasteiger partial charge in [-0.15, -0.1) is 21.5 Å². The minimum atomic E-state index is -0.631. The van der Waals surface area contributed by atoms with Gasteiger partial charge in [0.15, 0.2) is 11.2 Å². The molecular formula is C31H33N10O4S+. The number of carbonyl (C=O) groups excluding carboxylic acids is 1. The molecular weight excluding hydrogens is 608 g/mol. The zero-order chi connectivity index (χ0) is 31.4. The zero-order valence-corrected chi connectivity index (χ0v) is 25.8. The Morgan fingerprint density at radius 1 is 1.20 bits per heavy atom. The number of nitrogens with zero attached hydrogens (tertiary/aromatic N) is 6. The Kier molecular flexibility index (Phi) is 7.15. The second-order valence-electron chi connectivity index (χ2n) is 11.9. The van der Waals surface area contributed by atoms with E-state index in [1.807, 2.05) is 12.1 Å². The van der Waals surface area contributed by atoms with E-state index >= 15 is 0 Å². The standard InChI is InChI=1S/C31H32N10O4S/c32-20-3-1-2-4-21(20)36-31-37-22(25(29(33)43)30-39-35-15-41(30)31)11-16-5-6-17(18-13-34-38-26(16)18)19-14-45-27-23(42)12-24(46-28(19)27)40-7-9-44-10-8-40/h5-6,12-15,20-21H,1-4,7-11,32H2,(H2,33,43)(H,34,38)(H,36,37)/p+1/t20-,21+/m1/s1. The molecule has 1 saturated heterocycles. The minimum Gasteiger partial charge on any atom is -0.459 e. The molecule has 0 radical (unpaired) electrons. The van der Waals surface area contributed by atoms with Gasteiger partial charge in [-0.3, -0.25) is 19.1 Å². The zero-order valence-electron chi connectivity index (χ0n) is 25.0. The average Bonchev–Trinajstić information content (AvgIpc) is 3.83. The van der Waals surface area contributed by atoms with Crippen LogP contribution in [0, 0.1) is 0 Å². The van der Waals surface area contributed by atoms with Crippen molar-refractivity contribution in [3.63, 3.8) is 0 Å². The van der Waals surface area contributed by atoms with Crippen LogP contribution in [-0.4, -0.2) is 74.1 Å². The Bertz CT molecular complexity index is 2160. The number of carbonyl (C=O) groups is 1. The molecule has 5 aromatic heterocycles. The lowest BCUT2D eigenvalue weighted by Crippen LogP contribution is -2.68. The first kappa shape index (κ1) is 28.6. The van der Waals surface area contributed by atoms with E-state index in [9.17, 15) is 9.59 Å². The van der Waals surface area contributed by atoms with Gasteiger partial charge in [-0.05, 0) is 24.0 Å². The number of aromatic nitrogens is 6. The molecule has 14 nitrogen and oxygen atoms in total. The summed E-state index contributed by atoms with van der Waals surface area (Å²) in [5.74, 6) is -0.0815. The highest BCUT2D eigenvalue weighted by Gasteiger charge is 2.28. The van der Waals surface area contributed by atoms with Crippen LogP contribution in [0.2, 0.25) is 0 Å². The van der Waals surface area contributed by atoms with E-state index in [-0.39, 0.29) is 29.5 Å². The lowest BCUT2D eigenvalue weighted by molar-refractivity contribution is -0.427. The van der Waals surface area contributed by atoms with E-state index in [0.717, 1.165) is 76.1 Å². The molecule has 2 atom stereocenters. The van der Waals surface area contributed by atoms with Gasteiger partial charge in [-0.2, -0.15) is 5.10 Å². The molecule has 6 aromatic rings. The molecule has 2 fully saturated rings. The molecule has 1 aliphatic carbocycles. The Labute approximate surface area is 265 Å². The molecule has 0 unspecified atom stereocenters. The molecule has 6 heterocycles. The Morgan fingerprint density at radius 3 is 2.87 bits per heavy atom. The fourth-order valence-corrected chi connectivity index (χ4v) is 7.88. The van der Waals surface area contributed by atoms with Crippen LogP contribution in [0.5, 0.6) is 0 Å². The van der Waals surface area contributed by atoms with Crippen molar-refractivity contribution in [2.75, 3.05) is 36.5 Å². The number of rotatable bonds is 7. The molecule has 7 N–H and O–H groups in total. The minimum absolute atomic E-state index is 0.141. The highest BCUT2D eigenvalue weighted by atomic mass is 32.1. The third-order valence-corrected chi connectivity index (χ3v) is 10.3. The molecule has 1 saturated carbocycles. The van der Waals surface area contributed by atoms with E-state index in [0.29, 0.717) is 36.1 Å². The molecule has 2 aliphatic rings. The number of H-pyrrole nitrogens is 1. The number of morpholine rings is 1. The first-order valence-electron chi connectivity index (χ1n) is 15.4. The molecule has 15 heteroatoms. The van der Waals surface area contributed by atoms with Crippen LogP contribution < -0.4 is 27.1 Å². The fourth-order valence-electron chi connectivity index (χ4n) is 6.68. The molecule has 1 aromatic carbocycles. The number of nitrogens with two attached hydrogens (primary N) is 1. The predicted octanol–water partition coefficient (Wildman–Crippen LogP) is 2.33. The number of benzene rings is 1. The summed E-state index contributed by atoms with van der Waals surface area (Å²) in [6.45, 7) is 2.70. The van der Waals surface area contributed by atoms with E-state index in [1.165, 1.54) is 17.7 Å². The number of hydrogen-bond acceptors (Lipinski definition) is 11. The van der Waals surface area contributed by atoms with Gasteiger partial charge in [0, 0.05) is 42.9 Å². The van der Waals surface area contributed by atoms with Crippen molar-refractivity contribution >= 4 is 55.0 Å². The second kappa shape index (κ2) is 11.5. The van der Waals surface area contributed by atoms with Crippen molar-refractivity contribution in [2.45, 2.75) is 44.2 Å². The summed E-state index contributed by atoms with van der Waals surface area (Å²) in [6.07, 6.45) is 9.51. The van der Waals surface area contributed by atoms with Gasteiger partial charge in [0.25, 0.3) is 5.91 Å². The van der Waals surface area contributed by atoms with Crippen molar-refractivity contribution < 1.29 is 19.7 Å². The van der Waals surface area contributed by atoms with Crippen molar-refractivity contribution in [3.05, 3.63) is 64.0 Å². The number of quaternary nitrogens is 1. The van der Waals surface area contributed by atoms with Gasteiger partial charge in [0.2, 0.25) is 11.4 Å². The normalized spacial score (nSPS) is 18.9. The number of fused-ring (bicyclic) bond motifs is 3. The molecule has 1 aliphatic heterocycles. The summed E-state index contributed by atoms with van der Waals surface area (Å²) in [5.41, 5.74) is 14.8. The van der Waals surface area contributed by atoms with Gasteiger partial charge in [-0.25, -0.2) is 4.98 Å². The Hall–Kier alpha value is -4.86. The maximum Gasteiger partial charge on any atom is 0.254 e. The summed E-state index contributed by atoms with van der Waals surface area (Å²) < 4.78 is 13.8. The van der Waals surface area contributed by atoms with Crippen LogP contribution in [-0.2, 0) is 11.2 Å². The average molecular weight is 642 g/mol. The number of amides is 1.